The van der Waals surface area contributed by atoms with Crippen LogP contribution in [0.15, 0.2) is 53.7 Å². The molecule has 0 aliphatic rings. The van der Waals surface area contributed by atoms with E-state index in [9.17, 15) is 4.79 Å². The zero-order chi connectivity index (χ0) is 17.9. The topological polar surface area (TPSA) is 59.9 Å². The molecule has 0 saturated heterocycles. The van der Waals surface area contributed by atoms with E-state index in [2.05, 4.69) is 22.2 Å². The smallest absolute Gasteiger partial charge is 0.251 e. The highest BCUT2D eigenvalue weighted by Gasteiger charge is 2.05. The lowest BCUT2D eigenvalue weighted by Crippen LogP contribution is -2.22. The highest BCUT2D eigenvalue weighted by Crippen LogP contribution is 2.14. The second-order valence-electron chi connectivity index (χ2n) is 5.57. The Kier molecular flexibility index (Phi) is 7.50. The first-order valence-electron chi connectivity index (χ1n) is 8.39. The Morgan fingerprint density at radius 2 is 2.00 bits per heavy atom. The standard InChI is InChI=1S/C20H24N2O3/c1-3-4-12-25-19-7-5-6-17(13-19)14-21-20(23)18-10-8-16(9-11-18)15-22-24-2/h5-11,13,15H,3-4,12,14H2,1-2H3,(H,21,23)/b22-15+. The number of oxime groups is 1. The van der Waals surface area contributed by atoms with Gasteiger partial charge >= 0.3 is 0 Å². The summed E-state index contributed by atoms with van der Waals surface area (Å²) in [4.78, 5) is 16.9. The maximum atomic E-state index is 12.2. The molecule has 0 spiro atoms. The van der Waals surface area contributed by atoms with Crippen molar-refractivity contribution in [2.45, 2.75) is 26.3 Å². The molecule has 0 atom stereocenters. The van der Waals surface area contributed by atoms with Crippen molar-refractivity contribution in [1.29, 1.82) is 0 Å². The number of nitrogens with zero attached hydrogens (tertiary/aromatic N) is 1. The highest BCUT2D eigenvalue weighted by molar-refractivity contribution is 5.94. The van der Waals surface area contributed by atoms with E-state index >= 15 is 0 Å². The summed E-state index contributed by atoms with van der Waals surface area (Å²) < 4.78 is 5.69. The van der Waals surface area contributed by atoms with Gasteiger partial charge in [0.25, 0.3) is 5.91 Å². The van der Waals surface area contributed by atoms with E-state index in [1.54, 1.807) is 18.3 Å². The van der Waals surface area contributed by atoms with Gasteiger partial charge in [0.1, 0.15) is 12.9 Å². The van der Waals surface area contributed by atoms with Gasteiger partial charge < -0.3 is 14.9 Å². The van der Waals surface area contributed by atoms with Crippen molar-refractivity contribution in [3.63, 3.8) is 0 Å². The van der Waals surface area contributed by atoms with Crippen molar-refractivity contribution in [2.24, 2.45) is 5.16 Å². The van der Waals surface area contributed by atoms with Gasteiger partial charge in [0, 0.05) is 12.1 Å². The molecule has 0 radical (unpaired) electrons. The number of amides is 1. The maximum Gasteiger partial charge on any atom is 0.251 e. The molecule has 0 aliphatic heterocycles. The Labute approximate surface area is 148 Å². The zero-order valence-corrected chi connectivity index (χ0v) is 14.7. The third-order valence-electron chi connectivity index (χ3n) is 3.60. The monoisotopic (exact) mass is 340 g/mol. The van der Waals surface area contributed by atoms with Gasteiger partial charge in [-0.25, -0.2) is 0 Å². The van der Waals surface area contributed by atoms with Gasteiger partial charge in [-0.05, 0) is 41.8 Å². The summed E-state index contributed by atoms with van der Waals surface area (Å²) in [6.45, 7) is 3.30. The highest BCUT2D eigenvalue weighted by atomic mass is 16.6. The van der Waals surface area contributed by atoms with Crippen molar-refractivity contribution in [3.05, 3.63) is 65.2 Å². The van der Waals surface area contributed by atoms with Crippen LogP contribution in [-0.4, -0.2) is 25.8 Å². The second kappa shape index (κ2) is 10.1. The molecule has 0 heterocycles. The molecule has 0 fully saturated rings. The number of nitrogens with one attached hydrogen (secondary N) is 1. The molecule has 0 aromatic heterocycles. The minimum atomic E-state index is -0.118. The first-order valence-corrected chi connectivity index (χ1v) is 8.39. The van der Waals surface area contributed by atoms with Crippen molar-refractivity contribution in [3.8, 4) is 5.75 Å². The molecule has 5 nitrogen and oxygen atoms in total. The number of carbonyl (C=O) groups is 1. The molecule has 2 rings (SSSR count). The van der Waals surface area contributed by atoms with E-state index in [0.717, 1.165) is 29.7 Å². The van der Waals surface area contributed by atoms with Gasteiger partial charge in [-0.1, -0.05) is 42.8 Å². The molecule has 1 N–H and O–H groups in total. The minimum Gasteiger partial charge on any atom is -0.494 e. The normalized spacial score (nSPS) is 10.6. The van der Waals surface area contributed by atoms with Crippen LogP contribution < -0.4 is 10.1 Å². The van der Waals surface area contributed by atoms with Gasteiger partial charge in [0.15, 0.2) is 0 Å². The van der Waals surface area contributed by atoms with Crippen LogP contribution in [0.5, 0.6) is 5.75 Å². The number of benzene rings is 2. The van der Waals surface area contributed by atoms with Crippen LogP contribution in [0.4, 0.5) is 0 Å². The Bertz CT molecular complexity index is 696. The van der Waals surface area contributed by atoms with Crippen LogP contribution in [0.2, 0.25) is 0 Å². The predicted octanol–water partition coefficient (Wildman–Crippen LogP) is 3.78. The maximum absolute atomic E-state index is 12.2. The number of hydrogen-bond acceptors (Lipinski definition) is 4. The Balaban J connectivity index is 1.89. The van der Waals surface area contributed by atoms with E-state index in [4.69, 9.17) is 4.74 Å². The van der Waals surface area contributed by atoms with Crippen molar-refractivity contribution in [1.82, 2.24) is 5.32 Å². The molecule has 2 aromatic carbocycles. The van der Waals surface area contributed by atoms with E-state index < -0.39 is 0 Å². The molecule has 132 valence electrons. The minimum absolute atomic E-state index is 0.118. The van der Waals surface area contributed by atoms with Crippen LogP contribution in [0.1, 0.15) is 41.3 Å². The number of hydrogen-bond donors (Lipinski definition) is 1. The first kappa shape index (κ1) is 18.5. The summed E-state index contributed by atoms with van der Waals surface area (Å²) in [6, 6.07) is 15.0. The molecule has 2 aromatic rings. The molecular formula is C20H24N2O3. The average molecular weight is 340 g/mol. The first-order chi connectivity index (χ1) is 12.2. The molecule has 0 aliphatic carbocycles. The summed E-state index contributed by atoms with van der Waals surface area (Å²) in [7, 11) is 1.49. The lowest BCUT2D eigenvalue weighted by molar-refractivity contribution is 0.0951. The summed E-state index contributed by atoms with van der Waals surface area (Å²) >= 11 is 0. The fourth-order valence-electron chi connectivity index (χ4n) is 2.20. The van der Waals surface area contributed by atoms with Crippen LogP contribution in [0, 0.1) is 0 Å². The van der Waals surface area contributed by atoms with Gasteiger partial charge in [-0.3, -0.25) is 4.79 Å². The number of unbranched alkanes of at least 4 members (excludes halogenated alkanes) is 1. The van der Waals surface area contributed by atoms with E-state index in [0.29, 0.717) is 18.7 Å². The van der Waals surface area contributed by atoms with Crippen LogP contribution in [0.3, 0.4) is 0 Å². The SMILES string of the molecule is CCCCOc1cccc(CNC(=O)c2ccc(/C=N/OC)cc2)c1. The van der Waals surface area contributed by atoms with Crippen molar-refractivity contribution in [2.75, 3.05) is 13.7 Å². The average Bonchev–Trinajstić information content (AvgIpc) is 2.65. The lowest BCUT2D eigenvalue weighted by atomic mass is 10.1. The fraction of sp³-hybridized carbons (Fsp3) is 0.300. The molecule has 1 amide bonds. The molecule has 25 heavy (non-hydrogen) atoms. The van der Waals surface area contributed by atoms with E-state index in [-0.39, 0.29) is 5.91 Å². The summed E-state index contributed by atoms with van der Waals surface area (Å²) in [5, 5.41) is 6.61. The number of ether oxygens (including phenoxy) is 1. The second-order valence-corrected chi connectivity index (χ2v) is 5.57. The molecule has 0 bridgehead atoms. The van der Waals surface area contributed by atoms with E-state index in [1.807, 2.05) is 36.4 Å². The van der Waals surface area contributed by atoms with Crippen molar-refractivity contribution < 1.29 is 14.4 Å². The summed E-state index contributed by atoms with van der Waals surface area (Å²) in [5.41, 5.74) is 2.48. The summed E-state index contributed by atoms with van der Waals surface area (Å²) in [6.07, 6.45) is 3.73. The molecular weight excluding hydrogens is 316 g/mol. The van der Waals surface area contributed by atoms with E-state index in [1.165, 1.54) is 7.11 Å². The Hall–Kier alpha value is -2.82. The zero-order valence-electron chi connectivity index (χ0n) is 14.7. The van der Waals surface area contributed by atoms with Crippen molar-refractivity contribution >= 4 is 12.1 Å². The molecule has 5 heteroatoms. The fourth-order valence-corrected chi connectivity index (χ4v) is 2.20. The van der Waals surface area contributed by atoms with Crippen LogP contribution in [0.25, 0.3) is 0 Å². The third-order valence-corrected chi connectivity index (χ3v) is 3.60. The Morgan fingerprint density at radius 3 is 2.72 bits per heavy atom. The molecule has 0 unspecified atom stereocenters. The van der Waals surface area contributed by atoms with Crippen LogP contribution in [-0.2, 0) is 11.4 Å². The van der Waals surface area contributed by atoms with Gasteiger partial charge in [0.05, 0.1) is 12.8 Å². The predicted molar refractivity (Wildman–Crippen MR) is 99.1 cm³/mol. The van der Waals surface area contributed by atoms with Crippen LogP contribution >= 0.6 is 0 Å². The van der Waals surface area contributed by atoms with Gasteiger partial charge in [-0.2, -0.15) is 0 Å². The van der Waals surface area contributed by atoms with Gasteiger partial charge in [-0.15, -0.1) is 0 Å². The largest absolute Gasteiger partial charge is 0.494 e. The van der Waals surface area contributed by atoms with Gasteiger partial charge in [0.2, 0.25) is 0 Å². The number of rotatable bonds is 9. The quantitative estimate of drug-likeness (QED) is 0.429. The summed E-state index contributed by atoms with van der Waals surface area (Å²) in [5.74, 6) is 0.717. The third kappa shape index (κ3) is 6.30. The lowest BCUT2D eigenvalue weighted by Gasteiger charge is -2.09. The molecule has 0 saturated carbocycles. The number of carbonyl (C=O) groups excluding carboxylic acids is 1. The Morgan fingerprint density at radius 1 is 1.20 bits per heavy atom.